The lowest BCUT2D eigenvalue weighted by atomic mass is 10.2. The average Bonchev–Trinajstić information content (AvgIpc) is 2.91. The van der Waals surface area contributed by atoms with Crippen LogP contribution in [0.15, 0.2) is 47.5 Å². The van der Waals surface area contributed by atoms with Gasteiger partial charge < -0.3 is 5.32 Å². The first-order valence-electron chi connectivity index (χ1n) is 8.70. The van der Waals surface area contributed by atoms with Gasteiger partial charge in [-0.15, -0.1) is 6.58 Å². The number of rotatable bonds is 5. The summed E-state index contributed by atoms with van der Waals surface area (Å²) < 4.78 is 2.77. The number of anilines is 1. The molecular formula is C20H31BrN4. The Morgan fingerprint density at radius 2 is 1.88 bits per heavy atom. The van der Waals surface area contributed by atoms with E-state index < -0.39 is 0 Å². The summed E-state index contributed by atoms with van der Waals surface area (Å²) in [6, 6.07) is 2.03. The highest BCUT2D eigenvalue weighted by atomic mass is 79.9. The first-order valence-corrected chi connectivity index (χ1v) is 9.49. The fourth-order valence-corrected chi connectivity index (χ4v) is 2.25. The van der Waals surface area contributed by atoms with Crippen LogP contribution in [0.4, 0.5) is 5.82 Å². The molecule has 0 radical (unpaired) electrons. The van der Waals surface area contributed by atoms with Gasteiger partial charge in [0, 0.05) is 19.5 Å². The molecule has 5 heteroatoms. The standard InChI is InChI=1S/C15H19BrN4.C3H6.C2H6/c1-4-5-6-7-8-9-12-10-13(17-3)20-15(18-12)14(16)11(2)19-20;1-3-2;1-2/h5-8,10,17H,4,9H2,1-3H3;3H,1H2,2H3;1-2H3/b6-5-,8-7-;;. The molecule has 0 aromatic carbocycles. The van der Waals surface area contributed by atoms with Gasteiger partial charge in [0.25, 0.3) is 0 Å². The fourth-order valence-electron chi connectivity index (χ4n) is 1.91. The third kappa shape index (κ3) is 7.26. The number of fused-ring (bicyclic) bond motifs is 1. The van der Waals surface area contributed by atoms with E-state index in [1.165, 1.54) is 0 Å². The lowest BCUT2D eigenvalue weighted by Gasteiger charge is -2.06. The summed E-state index contributed by atoms with van der Waals surface area (Å²) in [5, 5.41) is 7.62. The van der Waals surface area contributed by atoms with Crippen molar-refractivity contribution in [3.8, 4) is 0 Å². The van der Waals surface area contributed by atoms with E-state index in [-0.39, 0.29) is 0 Å². The fraction of sp³-hybridized carbons (Fsp3) is 0.400. The van der Waals surface area contributed by atoms with Crippen molar-refractivity contribution in [2.45, 2.75) is 47.5 Å². The predicted octanol–water partition coefficient (Wildman–Crippen LogP) is 6.13. The largest absolute Gasteiger partial charge is 0.373 e. The second kappa shape index (κ2) is 13.4. The molecule has 0 aliphatic carbocycles. The van der Waals surface area contributed by atoms with Gasteiger partial charge >= 0.3 is 0 Å². The highest BCUT2D eigenvalue weighted by Gasteiger charge is 2.11. The number of aromatic nitrogens is 3. The average molecular weight is 407 g/mol. The Kier molecular flexibility index (Phi) is 12.4. The van der Waals surface area contributed by atoms with Crippen LogP contribution in [0.2, 0.25) is 0 Å². The minimum absolute atomic E-state index is 0.801. The zero-order chi connectivity index (χ0) is 19.2. The van der Waals surface area contributed by atoms with E-state index in [1.807, 2.05) is 45.3 Å². The maximum atomic E-state index is 4.66. The smallest absolute Gasteiger partial charge is 0.172 e. The van der Waals surface area contributed by atoms with Gasteiger partial charge in [-0.3, -0.25) is 0 Å². The molecule has 2 aromatic rings. The van der Waals surface area contributed by atoms with Gasteiger partial charge in [-0.2, -0.15) is 9.61 Å². The molecule has 0 bridgehead atoms. The second-order valence-electron chi connectivity index (χ2n) is 4.89. The van der Waals surface area contributed by atoms with E-state index >= 15 is 0 Å². The van der Waals surface area contributed by atoms with Gasteiger partial charge in [0.2, 0.25) is 0 Å². The molecule has 25 heavy (non-hydrogen) atoms. The number of halogens is 1. The third-order valence-corrected chi connectivity index (χ3v) is 3.88. The van der Waals surface area contributed by atoms with Crippen LogP contribution in [0.1, 0.15) is 45.5 Å². The Morgan fingerprint density at radius 3 is 2.44 bits per heavy atom. The van der Waals surface area contributed by atoms with E-state index in [9.17, 15) is 0 Å². The van der Waals surface area contributed by atoms with Crippen LogP contribution in [0.25, 0.3) is 5.65 Å². The molecule has 0 saturated heterocycles. The van der Waals surface area contributed by atoms with Gasteiger partial charge in [0.05, 0.1) is 15.9 Å². The number of allylic oxidation sites excluding steroid dienone is 5. The molecule has 0 unspecified atom stereocenters. The van der Waals surface area contributed by atoms with Gasteiger partial charge in [-0.25, -0.2) is 4.98 Å². The Hall–Kier alpha value is -1.88. The summed E-state index contributed by atoms with van der Waals surface area (Å²) in [5.41, 5.74) is 2.80. The van der Waals surface area contributed by atoms with Crippen LogP contribution in [-0.4, -0.2) is 21.6 Å². The van der Waals surface area contributed by atoms with E-state index in [4.69, 9.17) is 0 Å². The van der Waals surface area contributed by atoms with Crippen LogP contribution in [0.5, 0.6) is 0 Å². The van der Waals surface area contributed by atoms with Crippen LogP contribution in [-0.2, 0) is 6.42 Å². The Balaban J connectivity index is 0.00000104. The maximum Gasteiger partial charge on any atom is 0.172 e. The summed E-state index contributed by atoms with van der Waals surface area (Å²) in [7, 11) is 1.89. The summed E-state index contributed by atoms with van der Waals surface area (Å²) in [4.78, 5) is 4.66. The quantitative estimate of drug-likeness (QED) is 0.479. The summed E-state index contributed by atoms with van der Waals surface area (Å²) in [5.74, 6) is 0.941. The summed E-state index contributed by atoms with van der Waals surface area (Å²) in [6.07, 6.45) is 12.0. The molecule has 4 nitrogen and oxygen atoms in total. The van der Waals surface area contributed by atoms with Gasteiger partial charge in [-0.05, 0) is 36.2 Å². The third-order valence-electron chi connectivity index (χ3n) is 2.95. The molecule has 0 aliphatic heterocycles. The van der Waals surface area contributed by atoms with Crippen molar-refractivity contribution in [1.29, 1.82) is 0 Å². The summed E-state index contributed by atoms with van der Waals surface area (Å²) >= 11 is 3.55. The first-order chi connectivity index (χ1) is 12.1. The maximum absolute atomic E-state index is 4.66. The molecule has 2 rings (SSSR count). The Bertz CT molecular complexity index is 699. The normalized spacial score (nSPS) is 10.4. The zero-order valence-corrected chi connectivity index (χ0v) is 17.9. The van der Waals surface area contributed by atoms with Crippen molar-refractivity contribution in [1.82, 2.24) is 14.6 Å². The summed E-state index contributed by atoms with van der Waals surface area (Å²) in [6.45, 7) is 13.3. The molecular weight excluding hydrogens is 376 g/mol. The van der Waals surface area contributed by atoms with Crippen LogP contribution in [0.3, 0.4) is 0 Å². The van der Waals surface area contributed by atoms with Gasteiger partial charge in [0.1, 0.15) is 5.82 Å². The Labute approximate surface area is 160 Å². The van der Waals surface area contributed by atoms with Gasteiger partial charge in [0.15, 0.2) is 5.65 Å². The van der Waals surface area contributed by atoms with Crippen molar-refractivity contribution >= 4 is 27.4 Å². The van der Waals surface area contributed by atoms with E-state index in [1.54, 1.807) is 6.08 Å². The number of aryl methyl sites for hydroxylation is 1. The number of nitrogens with one attached hydrogen (secondary N) is 1. The molecule has 138 valence electrons. The monoisotopic (exact) mass is 406 g/mol. The highest BCUT2D eigenvalue weighted by Crippen LogP contribution is 2.23. The van der Waals surface area contributed by atoms with Gasteiger partial charge in [-0.1, -0.05) is 51.2 Å². The minimum atomic E-state index is 0.801. The highest BCUT2D eigenvalue weighted by molar-refractivity contribution is 9.10. The molecule has 0 spiro atoms. The number of hydrogen-bond donors (Lipinski definition) is 1. The van der Waals surface area contributed by atoms with Crippen molar-refractivity contribution in [3.63, 3.8) is 0 Å². The van der Waals surface area contributed by atoms with E-state index in [2.05, 4.69) is 69.1 Å². The van der Waals surface area contributed by atoms with Crippen LogP contribution >= 0.6 is 15.9 Å². The molecule has 2 heterocycles. The molecule has 1 N–H and O–H groups in total. The second-order valence-corrected chi connectivity index (χ2v) is 5.69. The topological polar surface area (TPSA) is 42.2 Å². The van der Waals surface area contributed by atoms with Crippen molar-refractivity contribution < 1.29 is 0 Å². The van der Waals surface area contributed by atoms with Crippen molar-refractivity contribution in [2.24, 2.45) is 0 Å². The number of nitrogens with zero attached hydrogens (tertiary/aromatic N) is 3. The molecule has 0 aliphatic rings. The molecule has 0 atom stereocenters. The van der Waals surface area contributed by atoms with E-state index in [0.29, 0.717) is 0 Å². The van der Waals surface area contributed by atoms with E-state index in [0.717, 1.165) is 40.2 Å². The number of hydrogen-bond acceptors (Lipinski definition) is 3. The minimum Gasteiger partial charge on any atom is -0.373 e. The molecule has 0 saturated carbocycles. The zero-order valence-electron chi connectivity index (χ0n) is 16.3. The Morgan fingerprint density at radius 1 is 1.28 bits per heavy atom. The van der Waals surface area contributed by atoms with Crippen LogP contribution < -0.4 is 5.32 Å². The SMILES string of the molecule is C=CC.CC.CC/C=C\C=C/Cc1cc(NC)n2nc(C)c(Br)c2n1. The molecule has 0 amide bonds. The van der Waals surface area contributed by atoms with Crippen molar-refractivity contribution in [2.75, 3.05) is 12.4 Å². The lowest BCUT2D eigenvalue weighted by Crippen LogP contribution is -2.03. The van der Waals surface area contributed by atoms with Crippen LogP contribution in [0, 0.1) is 6.92 Å². The predicted molar refractivity (Wildman–Crippen MR) is 114 cm³/mol. The first kappa shape index (κ1) is 23.1. The van der Waals surface area contributed by atoms with Crippen molar-refractivity contribution in [3.05, 3.63) is 58.9 Å². The lowest BCUT2D eigenvalue weighted by molar-refractivity contribution is 0.908. The molecule has 0 fully saturated rings. The molecule has 2 aromatic heterocycles.